The smallest absolute Gasteiger partial charge is 0.119 e. The highest BCUT2D eigenvalue weighted by Gasteiger charge is 2.04. The summed E-state index contributed by atoms with van der Waals surface area (Å²) < 4.78 is 5.62. The molecule has 112 valence electrons. The number of benzene rings is 1. The molecule has 0 radical (unpaired) electrons. The van der Waals surface area contributed by atoms with Gasteiger partial charge >= 0.3 is 0 Å². The Morgan fingerprint density at radius 1 is 1.10 bits per heavy atom. The van der Waals surface area contributed by atoms with E-state index in [0.717, 1.165) is 11.3 Å². The highest BCUT2D eigenvalue weighted by Crippen LogP contribution is 2.12. The van der Waals surface area contributed by atoms with Crippen molar-refractivity contribution in [3.05, 3.63) is 29.8 Å². The number of aliphatic hydroxyl groups is 2. The molecule has 1 rings (SSSR count). The summed E-state index contributed by atoms with van der Waals surface area (Å²) in [4.78, 5) is 2.42. The van der Waals surface area contributed by atoms with Crippen molar-refractivity contribution in [1.29, 1.82) is 0 Å². The first kappa shape index (κ1) is 16.8. The van der Waals surface area contributed by atoms with Crippen molar-refractivity contribution in [2.24, 2.45) is 5.73 Å². The van der Waals surface area contributed by atoms with Gasteiger partial charge in [-0.05, 0) is 17.7 Å². The topological polar surface area (TPSA) is 79.0 Å². The second-order valence-electron chi connectivity index (χ2n) is 4.42. The first-order chi connectivity index (χ1) is 9.65. The second kappa shape index (κ2) is 9.66. The predicted molar refractivity (Wildman–Crippen MR) is 83.0 cm³/mol. The van der Waals surface area contributed by atoms with Crippen molar-refractivity contribution in [2.45, 2.75) is 6.42 Å². The number of nitrogens with zero attached hydrogens (tertiary/aromatic N) is 1. The number of aliphatic hydroxyl groups excluding tert-OH is 2. The summed E-state index contributed by atoms with van der Waals surface area (Å²) in [5.74, 6) is 0.782. The minimum absolute atomic E-state index is 0.0771. The van der Waals surface area contributed by atoms with Crippen LogP contribution in [-0.4, -0.2) is 59.6 Å². The Morgan fingerprint density at radius 3 is 2.20 bits per heavy atom. The molecule has 6 heteroatoms. The third-order valence-corrected chi connectivity index (χ3v) is 2.95. The molecular formula is C14H22N2O3S. The largest absolute Gasteiger partial charge is 0.492 e. The van der Waals surface area contributed by atoms with Crippen LogP contribution in [0.1, 0.15) is 5.56 Å². The van der Waals surface area contributed by atoms with Crippen LogP contribution in [0.5, 0.6) is 5.75 Å². The van der Waals surface area contributed by atoms with Crippen molar-refractivity contribution in [2.75, 3.05) is 39.5 Å². The maximum absolute atomic E-state index is 8.90. The molecule has 0 aliphatic heterocycles. The fourth-order valence-corrected chi connectivity index (χ4v) is 1.98. The summed E-state index contributed by atoms with van der Waals surface area (Å²) in [6, 6.07) is 7.65. The SMILES string of the molecule is NC(=S)Cc1ccc(OCCN(CCO)CCO)cc1. The minimum atomic E-state index is 0.0771. The number of ether oxygens (including phenoxy) is 1. The van der Waals surface area contributed by atoms with E-state index in [4.69, 9.17) is 32.9 Å². The summed E-state index contributed by atoms with van der Waals surface area (Å²) in [5, 5.41) is 17.8. The molecular weight excluding hydrogens is 276 g/mol. The van der Waals surface area contributed by atoms with Gasteiger partial charge in [0, 0.05) is 26.1 Å². The lowest BCUT2D eigenvalue weighted by Gasteiger charge is -2.20. The first-order valence-electron chi connectivity index (χ1n) is 6.60. The summed E-state index contributed by atoms with van der Waals surface area (Å²) in [5.41, 5.74) is 6.55. The van der Waals surface area contributed by atoms with Gasteiger partial charge in [-0.2, -0.15) is 0 Å². The predicted octanol–water partition coefficient (Wildman–Crippen LogP) is 0.181. The van der Waals surface area contributed by atoms with Gasteiger partial charge in [0.15, 0.2) is 0 Å². The van der Waals surface area contributed by atoms with Gasteiger partial charge in [0.05, 0.1) is 18.2 Å². The van der Waals surface area contributed by atoms with Gasteiger partial charge in [-0.15, -0.1) is 0 Å². The third kappa shape index (κ3) is 6.81. The summed E-state index contributed by atoms with van der Waals surface area (Å²) in [6.07, 6.45) is 0.594. The van der Waals surface area contributed by atoms with Crippen LogP contribution in [0.3, 0.4) is 0 Å². The maximum atomic E-state index is 8.90. The van der Waals surface area contributed by atoms with Gasteiger partial charge in [0.2, 0.25) is 0 Å². The number of nitrogens with two attached hydrogens (primary N) is 1. The van der Waals surface area contributed by atoms with Gasteiger partial charge in [-0.1, -0.05) is 24.4 Å². The molecule has 0 saturated heterocycles. The summed E-state index contributed by atoms with van der Waals surface area (Å²) >= 11 is 4.86. The van der Waals surface area contributed by atoms with Crippen LogP contribution in [0.25, 0.3) is 0 Å². The number of hydrogen-bond donors (Lipinski definition) is 3. The van der Waals surface area contributed by atoms with Crippen LogP contribution in [0.2, 0.25) is 0 Å². The van der Waals surface area contributed by atoms with Crippen LogP contribution in [-0.2, 0) is 6.42 Å². The molecule has 0 saturated carbocycles. The van der Waals surface area contributed by atoms with Crippen LogP contribution < -0.4 is 10.5 Å². The minimum Gasteiger partial charge on any atom is -0.492 e. The number of hydrogen-bond acceptors (Lipinski definition) is 5. The molecule has 0 spiro atoms. The van der Waals surface area contributed by atoms with Crippen LogP contribution in [0.15, 0.2) is 24.3 Å². The van der Waals surface area contributed by atoms with E-state index < -0.39 is 0 Å². The monoisotopic (exact) mass is 298 g/mol. The average molecular weight is 298 g/mol. The summed E-state index contributed by atoms with van der Waals surface area (Å²) in [6.45, 7) is 2.40. The Kier molecular flexibility index (Phi) is 8.13. The summed E-state index contributed by atoms with van der Waals surface area (Å²) in [7, 11) is 0. The fourth-order valence-electron chi connectivity index (χ4n) is 1.82. The van der Waals surface area contributed by atoms with Crippen molar-refractivity contribution in [1.82, 2.24) is 4.90 Å². The van der Waals surface area contributed by atoms with E-state index in [1.54, 1.807) is 0 Å². The van der Waals surface area contributed by atoms with Gasteiger partial charge in [-0.3, -0.25) is 4.90 Å². The van der Waals surface area contributed by atoms with Crippen molar-refractivity contribution in [3.63, 3.8) is 0 Å². The van der Waals surface area contributed by atoms with Crippen molar-refractivity contribution in [3.8, 4) is 5.75 Å². The van der Waals surface area contributed by atoms with E-state index >= 15 is 0 Å². The van der Waals surface area contributed by atoms with E-state index in [1.165, 1.54) is 0 Å². The van der Waals surface area contributed by atoms with Gasteiger partial charge in [0.1, 0.15) is 12.4 Å². The molecule has 0 amide bonds. The average Bonchev–Trinajstić information content (AvgIpc) is 2.40. The molecule has 0 fully saturated rings. The molecule has 1 aromatic rings. The highest BCUT2D eigenvalue weighted by atomic mass is 32.1. The van der Waals surface area contributed by atoms with Gasteiger partial charge < -0.3 is 20.7 Å². The van der Waals surface area contributed by atoms with E-state index in [9.17, 15) is 0 Å². The molecule has 0 bridgehead atoms. The Balaban J connectivity index is 2.35. The van der Waals surface area contributed by atoms with Gasteiger partial charge in [-0.25, -0.2) is 0 Å². The molecule has 0 aromatic heterocycles. The zero-order valence-electron chi connectivity index (χ0n) is 11.5. The van der Waals surface area contributed by atoms with Gasteiger partial charge in [0.25, 0.3) is 0 Å². The zero-order valence-corrected chi connectivity index (χ0v) is 12.3. The molecule has 0 unspecified atom stereocenters. The Hall–Kier alpha value is -1.21. The molecule has 0 aliphatic rings. The molecule has 5 nitrogen and oxygen atoms in total. The van der Waals surface area contributed by atoms with E-state index in [2.05, 4.69) is 0 Å². The normalized spacial score (nSPS) is 10.8. The molecule has 20 heavy (non-hydrogen) atoms. The zero-order chi connectivity index (χ0) is 14.8. The number of rotatable bonds is 10. The third-order valence-electron chi connectivity index (χ3n) is 2.81. The van der Waals surface area contributed by atoms with Crippen molar-refractivity contribution < 1.29 is 14.9 Å². The maximum Gasteiger partial charge on any atom is 0.119 e. The Labute approximate surface area is 125 Å². The van der Waals surface area contributed by atoms with Crippen LogP contribution >= 0.6 is 12.2 Å². The number of thiocarbonyl (C=S) groups is 1. The second-order valence-corrected chi connectivity index (χ2v) is 4.95. The highest BCUT2D eigenvalue weighted by molar-refractivity contribution is 7.80. The molecule has 0 aliphatic carbocycles. The van der Waals surface area contributed by atoms with Crippen molar-refractivity contribution >= 4 is 17.2 Å². The van der Waals surface area contributed by atoms with Crippen LogP contribution in [0.4, 0.5) is 0 Å². The molecule has 0 heterocycles. The van der Waals surface area contributed by atoms with E-state index in [1.807, 2.05) is 29.2 Å². The Bertz CT molecular complexity index is 392. The molecule has 1 aromatic carbocycles. The van der Waals surface area contributed by atoms with Crippen LogP contribution in [0, 0.1) is 0 Å². The first-order valence-corrected chi connectivity index (χ1v) is 7.00. The lowest BCUT2D eigenvalue weighted by Crippen LogP contribution is -2.33. The Morgan fingerprint density at radius 2 is 1.70 bits per heavy atom. The molecule has 0 atom stereocenters. The quantitative estimate of drug-likeness (QED) is 0.535. The standard InChI is InChI=1S/C14H22N2O3S/c15-14(20)11-12-1-3-13(4-2-12)19-10-7-16(5-8-17)6-9-18/h1-4,17-18H,5-11H2,(H2,15,20). The fraction of sp³-hybridized carbons (Fsp3) is 0.500. The lowest BCUT2D eigenvalue weighted by molar-refractivity contribution is 0.141. The lowest BCUT2D eigenvalue weighted by atomic mass is 10.1. The van der Waals surface area contributed by atoms with E-state index in [-0.39, 0.29) is 13.2 Å². The molecule has 4 N–H and O–H groups in total. The van der Waals surface area contributed by atoms with E-state index in [0.29, 0.717) is 37.7 Å².